The van der Waals surface area contributed by atoms with E-state index in [1.165, 1.54) is 40.9 Å². The second-order valence-electron chi connectivity index (χ2n) is 6.97. The summed E-state index contributed by atoms with van der Waals surface area (Å²) in [5.74, 6) is 0.342. The van der Waals surface area contributed by atoms with Gasteiger partial charge in [0.1, 0.15) is 20.6 Å². The number of nitriles is 1. The third-order valence-corrected chi connectivity index (χ3v) is 7.83. The van der Waals surface area contributed by atoms with Crippen LogP contribution in [-0.4, -0.2) is 24.8 Å². The van der Waals surface area contributed by atoms with Gasteiger partial charge in [-0.15, -0.1) is 20.4 Å². The van der Waals surface area contributed by atoms with Crippen molar-refractivity contribution in [1.29, 1.82) is 5.26 Å². The summed E-state index contributed by atoms with van der Waals surface area (Å²) in [6.07, 6.45) is -2.68. The van der Waals surface area contributed by atoms with E-state index in [9.17, 15) is 18.4 Å². The van der Waals surface area contributed by atoms with E-state index in [-0.39, 0.29) is 11.1 Å². The van der Waals surface area contributed by atoms with Crippen LogP contribution < -0.4 is 0 Å². The fourth-order valence-corrected chi connectivity index (χ4v) is 5.96. The molecule has 0 radical (unpaired) electrons. The van der Waals surface area contributed by atoms with Gasteiger partial charge in [-0.25, -0.2) is 0 Å². The van der Waals surface area contributed by atoms with Crippen LogP contribution in [0.5, 0.6) is 0 Å². The number of benzene rings is 1. The predicted octanol–water partition coefficient (Wildman–Crippen LogP) is 5.27. The minimum absolute atomic E-state index is 0.0201. The van der Waals surface area contributed by atoms with Crippen molar-refractivity contribution in [1.82, 2.24) is 20.4 Å². The Morgan fingerprint density at radius 3 is 2.68 bits per heavy atom. The maximum absolute atomic E-state index is 12.9. The molecule has 1 aliphatic carbocycles. The fourth-order valence-electron chi connectivity index (χ4n) is 3.20. The molecule has 2 aliphatic rings. The minimum Gasteiger partial charge on any atom is -0.260 e. The number of thioether (sulfide) groups is 2. The molecule has 1 spiro atoms. The van der Waals surface area contributed by atoms with Crippen molar-refractivity contribution < 1.29 is 13.2 Å². The van der Waals surface area contributed by atoms with Crippen LogP contribution in [-0.2, 0) is 17.5 Å². The molecule has 0 saturated heterocycles. The van der Waals surface area contributed by atoms with Crippen molar-refractivity contribution in [2.45, 2.75) is 35.3 Å². The fraction of sp³-hybridized carbons (Fsp3) is 0.263. The topological polar surface area (TPSA) is 87.7 Å². The van der Waals surface area contributed by atoms with Crippen molar-refractivity contribution in [3.8, 4) is 16.8 Å². The van der Waals surface area contributed by atoms with Crippen LogP contribution in [0.25, 0.3) is 10.7 Å². The second kappa shape index (κ2) is 7.58. The highest BCUT2D eigenvalue weighted by Gasteiger charge is 2.49. The summed E-state index contributed by atoms with van der Waals surface area (Å²) in [6.45, 7) is 0. The molecule has 3 heterocycles. The third kappa shape index (κ3) is 3.93. The first-order valence-corrected chi connectivity index (χ1v) is 11.7. The van der Waals surface area contributed by atoms with Gasteiger partial charge in [-0.3, -0.25) is 4.99 Å². The summed E-state index contributed by atoms with van der Waals surface area (Å²) in [5, 5.41) is 27.3. The van der Waals surface area contributed by atoms with E-state index >= 15 is 0 Å². The van der Waals surface area contributed by atoms with Gasteiger partial charge >= 0.3 is 6.18 Å². The zero-order valence-electron chi connectivity index (χ0n) is 15.5. The molecule has 6 nitrogen and oxygen atoms in total. The highest BCUT2D eigenvalue weighted by molar-refractivity contribution is 8.38. The van der Waals surface area contributed by atoms with Crippen molar-refractivity contribution in [2.24, 2.45) is 4.99 Å². The number of nitrogens with zero attached hydrogens (tertiary/aromatic N) is 6. The number of rotatable bonds is 3. The first kappa shape index (κ1) is 20.4. The van der Waals surface area contributed by atoms with Gasteiger partial charge in [-0.2, -0.15) is 18.4 Å². The largest absolute Gasteiger partial charge is 0.416 e. The Morgan fingerprint density at radius 1 is 1.16 bits per heavy atom. The average molecular weight is 477 g/mol. The van der Waals surface area contributed by atoms with Gasteiger partial charge in [0.25, 0.3) is 0 Å². The van der Waals surface area contributed by atoms with Crippen LogP contribution >= 0.6 is 34.9 Å². The molecule has 2 aromatic heterocycles. The van der Waals surface area contributed by atoms with Gasteiger partial charge in [-0.1, -0.05) is 29.2 Å². The summed E-state index contributed by atoms with van der Waals surface area (Å²) in [5.41, 5.74) is 2.74. The Morgan fingerprint density at radius 2 is 2.00 bits per heavy atom. The maximum atomic E-state index is 12.9. The van der Waals surface area contributed by atoms with E-state index < -0.39 is 11.7 Å². The molecule has 1 saturated carbocycles. The molecule has 0 amide bonds. The van der Waals surface area contributed by atoms with Crippen LogP contribution in [0.15, 0.2) is 39.8 Å². The molecule has 5 rings (SSSR count). The van der Waals surface area contributed by atoms with Crippen molar-refractivity contribution in [2.75, 3.05) is 0 Å². The SMILES string of the molecule is N#Cc1cc(C(F)(F)F)ccc1CSC1=NC2(CC2)c2cc(-c3nncs3)nnc2S1. The van der Waals surface area contributed by atoms with E-state index in [1.54, 1.807) is 5.51 Å². The average Bonchev–Trinajstić information content (AvgIpc) is 3.30. The molecule has 1 aliphatic heterocycles. The molecule has 12 heteroatoms. The standard InChI is InChI=1S/C19H11F3N6S3/c20-19(21,22)12-2-1-10(11(5-12)7-23)8-29-17-25-18(3-4-18)13-6-14(16-27-24-9-30-16)26-28-15(13)31-17/h1-2,5-6,9H,3-4,8H2. The Labute approximate surface area is 187 Å². The van der Waals surface area contributed by atoms with Gasteiger partial charge in [-0.05, 0) is 48.4 Å². The van der Waals surface area contributed by atoms with Gasteiger partial charge < -0.3 is 0 Å². The minimum atomic E-state index is -4.48. The number of aliphatic imine (C=N–C) groups is 1. The highest BCUT2D eigenvalue weighted by atomic mass is 32.2. The molecule has 156 valence electrons. The molecule has 0 unspecified atom stereocenters. The molecule has 3 aromatic rings. The van der Waals surface area contributed by atoms with Crippen molar-refractivity contribution in [3.63, 3.8) is 0 Å². The molecule has 0 bridgehead atoms. The lowest BCUT2D eigenvalue weighted by Crippen LogP contribution is -2.14. The number of alkyl halides is 3. The molecule has 1 aromatic carbocycles. The summed E-state index contributed by atoms with van der Waals surface area (Å²) < 4.78 is 39.5. The van der Waals surface area contributed by atoms with Gasteiger partial charge in [0, 0.05) is 11.3 Å². The quantitative estimate of drug-likeness (QED) is 0.509. The molecular formula is C19H11F3N6S3. The van der Waals surface area contributed by atoms with Gasteiger partial charge in [0.2, 0.25) is 0 Å². The van der Waals surface area contributed by atoms with Crippen LogP contribution in [0, 0.1) is 11.3 Å². The third-order valence-electron chi connectivity index (χ3n) is 4.96. The highest BCUT2D eigenvalue weighted by Crippen LogP contribution is 2.56. The normalized spacial score (nSPS) is 16.5. The Kier molecular flexibility index (Phi) is 4.99. The van der Waals surface area contributed by atoms with Crippen LogP contribution in [0.2, 0.25) is 0 Å². The lowest BCUT2D eigenvalue weighted by atomic mass is 10.1. The number of fused-ring (bicyclic) bond motifs is 2. The number of hydrogen-bond donors (Lipinski definition) is 0. The summed E-state index contributed by atoms with van der Waals surface area (Å²) in [4.78, 5) is 4.90. The maximum Gasteiger partial charge on any atom is 0.416 e. The van der Waals surface area contributed by atoms with Crippen LogP contribution in [0.1, 0.15) is 35.1 Å². The smallest absolute Gasteiger partial charge is 0.260 e. The van der Waals surface area contributed by atoms with Gasteiger partial charge in [0.15, 0.2) is 5.01 Å². The molecule has 0 atom stereocenters. The van der Waals surface area contributed by atoms with Gasteiger partial charge in [0.05, 0.1) is 22.7 Å². The van der Waals surface area contributed by atoms with Crippen LogP contribution in [0.4, 0.5) is 13.2 Å². The number of halogens is 3. The first-order valence-electron chi connectivity index (χ1n) is 9.03. The lowest BCUT2D eigenvalue weighted by Gasteiger charge is -2.21. The van der Waals surface area contributed by atoms with Crippen LogP contribution in [0.3, 0.4) is 0 Å². The van der Waals surface area contributed by atoms with E-state index in [0.29, 0.717) is 22.0 Å². The lowest BCUT2D eigenvalue weighted by molar-refractivity contribution is -0.137. The predicted molar refractivity (Wildman–Crippen MR) is 113 cm³/mol. The molecule has 0 N–H and O–H groups in total. The van der Waals surface area contributed by atoms with Crippen molar-refractivity contribution in [3.05, 3.63) is 52.0 Å². The summed E-state index contributed by atoms with van der Waals surface area (Å²) in [6, 6.07) is 7.09. The van der Waals surface area contributed by atoms with E-state index in [0.717, 1.165) is 39.9 Å². The van der Waals surface area contributed by atoms with E-state index in [2.05, 4.69) is 20.4 Å². The monoisotopic (exact) mass is 476 g/mol. The second-order valence-corrected chi connectivity index (χ2v) is 10.0. The van der Waals surface area contributed by atoms with E-state index in [1.807, 2.05) is 12.1 Å². The van der Waals surface area contributed by atoms with Crippen molar-refractivity contribution >= 4 is 39.2 Å². The Balaban J connectivity index is 1.37. The van der Waals surface area contributed by atoms with E-state index in [4.69, 9.17) is 4.99 Å². The summed E-state index contributed by atoms with van der Waals surface area (Å²) >= 11 is 4.17. The first-order chi connectivity index (χ1) is 14.9. The zero-order valence-corrected chi connectivity index (χ0v) is 18.0. The molecule has 1 fully saturated rings. The molecule has 31 heavy (non-hydrogen) atoms. The number of hydrogen-bond acceptors (Lipinski definition) is 9. The Bertz CT molecular complexity index is 1230. The molecular weight excluding hydrogens is 465 g/mol. The number of aromatic nitrogens is 4. The Hall–Kier alpha value is -2.49. The summed E-state index contributed by atoms with van der Waals surface area (Å²) in [7, 11) is 0. The zero-order chi connectivity index (χ0) is 21.6.